The number of aliphatic hydroxyl groups excluding tert-OH is 1. The summed E-state index contributed by atoms with van der Waals surface area (Å²) in [7, 11) is 0. The molecule has 4 nitrogen and oxygen atoms in total. The predicted molar refractivity (Wildman–Crippen MR) is 66.7 cm³/mol. The lowest BCUT2D eigenvalue weighted by atomic mass is 10.3. The molecule has 1 amide bonds. The monoisotopic (exact) mass is 252 g/mol. The number of carbonyl (C=O) groups excluding carboxylic acids is 1. The summed E-state index contributed by atoms with van der Waals surface area (Å²) < 4.78 is 13.3. The van der Waals surface area contributed by atoms with Crippen LogP contribution in [0.1, 0.15) is 12.8 Å². The molecule has 2 rings (SSSR count). The van der Waals surface area contributed by atoms with Crippen molar-refractivity contribution in [1.82, 2.24) is 4.90 Å². The van der Waals surface area contributed by atoms with Gasteiger partial charge in [0.05, 0.1) is 18.8 Å². The third-order valence-corrected chi connectivity index (χ3v) is 2.95. The summed E-state index contributed by atoms with van der Waals surface area (Å²) in [6.07, 6.45) is 2.12. The van der Waals surface area contributed by atoms with Crippen molar-refractivity contribution in [2.45, 2.75) is 18.9 Å². The van der Waals surface area contributed by atoms with Crippen LogP contribution in [-0.2, 0) is 4.79 Å². The standard InChI is InChI=1S/C13H17FN2O2/c14-11-3-1-2-4-12(11)15-13(18)9-16(7-8-17)10-5-6-10/h1-4,10,17H,5-9H2,(H,15,18). The van der Waals surface area contributed by atoms with Gasteiger partial charge in [-0.05, 0) is 25.0 Å². The Morgan fingerprint density at radius 2 is 2.17 bits per heavy atom. The molecule has 0 bridgehead atoms. The Hall–Kier alpha value is -1.46. The molecule has 98 valence electrons. The maximum atomic E-state index is 13.3. The number of carbonyl (C=O) groups is 1. The summed E-state index contributed by atoms with van der Waals surface area (Å²) >= 11 is 0. The van der Waals surface area contributed by atoms with Crippen LogP contribution in [-0.4, -0.2) is 41.7 Å². The molecule has 0 unspecified atom stereocenters. The van der Waals surface area contributed by atoms with Crippen molar-refractivity contribution < 1.29 is 14.3 Å². The molecular formula is C13H17FN2O2. The second-order valence-electron chi connectivity index (χ2n) is 4.45. The highest BCUT2D eigenvalue weighted by Crippen LogP contribution is 2.26. The van der Waals surface area contributed by atoms with Crippen LogP contribution in [0.5, 0.6) is 0 Å². The third kappa shape index (κ3) is 3.51. The van der Waals surface area contributed by atoms with E-state index in [9.17, 15) is 9.18 Å². The molecule has 1 aromatic carbocycles. The lowest BCUT2D eigenvalue weighted by Crippen LogP contribution is -2.36. The van der Waals surface area contributed by atoms with Crippen molar-refractivity contribution in [2.75, 3.05) is 25.0 Å². The van der Waals surface area contributed by atoms with Gasteiger partial charge in [-0.2, -0.15) is 0 Å². The fourth-order valence-corrected chi connectivity index (χ4v) is 1.90. The number of nitrogens with zero attached hydrogens (tertiary/aromatic N) is 1. The van der Waals surface area contributed by atoms with Crippen LogP contribution in [0.2, 0.25) is 0 Å². The Labute approximate surface area is 105 Å². The Bertz CT molecular complexity index is 421. The molecule has 1 aromatic rings. The number of hydrogen-bond donors (Lipinski definition) is 2. The summed E-state index contributed by atoms with van der Waals surface area (Å²) in [5.74, 6) is -0.688. The van der Waals surface area contributed by atoms with Gasteiger partial charge in [0, 0.05) is 12.6 Å². The number of anilines is 1. The smallest absolute Gasteiger partial charge is 0.238 e. The topological polar surface area (TPSA) is 52.6 Å². The molecule has 5 heteroatoms. The van der Waals surface area contributed by atoms with E-state index in [1.54, 1.807) is 12.1 Å². The van der Waals surface area contributed by atoms with Crippen molar-refractivity contribution in [3.63, 3.8) is 0 Å². The van der Waals surface area contributed by atoms with Gasteiger partial charge in [0.2, 0.25) is 5.91 Å². The molecule has 2 N–H and O–H groups in total. The maximum absolute atomic E-state index is 13.3. The number of nitrogens with one attached hydrogen (secondary N) is 1. The largest absolute Gasteiger partial charge is 0.395 e. The Morgan fingerprint density at radius 3 is 2.78 bits per heavy atom. The van der Waals surface area contributed by atoms with Crippen molar-refractivity contribution in [2.24, 2.45) is 0 Å². The number of amides is 1. The number of hydrogen-bond acceptors (Lipinski definition) is 3. The van der Waals surface area contributed by atoms with Gasteiger partial charge in [0.15, 0.2) is 0 Å². The van der Waals surface area contributed by atoms with Gasteiger partial charge in [-0.3, -0.25) is 9.69 Å². The van der Waals surface area contributed by atoms with E-state index in [1.807, 2.05) is 4.90 Å². The second-order valence-corrected chi connectivity index (χ2v) is 4.45. The average molecular weight is 252 g/mol. The van der Waals surface area contributed by atoms with Crippen molar-refractivity contribution >= 4 is 11.6 Å². The third-order valence-electron chi connectivity index (χ3n) is 2.95. The fraction of sp³-hybridized carbons (Fsp3) is 0.462. The molecule has 0 atom stereocenters. The summed E-state index contributed by atoms with van der Waals surface area (Å²) in [4.78, 5) is 13.7. The van der Waals surface area contributed by atoms with E-state index in [-0.39, 0.29) is 24.7 Å². The van der Waals surface area contributed by atoms with Crippen molar-refractivity contribution in [1.29, 1.82) is 0 Å². The Morgan fingerprint density at radius 1 is 1.44 bits per heavy atom. The minimum absolute atomic E-state index is 0.0312. The molecule has 0 heterocycles. The minimum Gasteiger partial charge on any atom is -0.395 e. The molecular weight excluding hydrogens is 235 g/mol. The summed E-state index contributed by atoms with van der Waals surface area (Å²) in [6.45, 7) is 0.707. The van der Waals surface area contributed by atoms with E-state index in [0.29, 0.717) is 12.6 Å². The van der Waals surface area contributed by atoms with E-state index >= 15 is 0 Å². The molecule has 0 spiro atoms. The van der Waals surface area contributed by atoms with Gasteiger partial charge in [-0.1, -0.05) is 12.1 Å². The summed E-state index contributed by atoms with van der Waals surface area (Å²) in [6, 6.07) is 6.48. The number of aliphatic hydroxyl groups is 1. The highest BCUT2D eigenvalue weighted by Gasteiger charge is 2.29. The SMILES string of the molecule is O=C(CN(CCO)C1CC1)Nc1ccccc1F. The van der Waals surface area contributed by atoms with Crippen molar-refractivity contribution in [3.05, 3.63) is 30.1 Å². The van der Waals surface area contributed by atoms with Crippen LogP contribution < -0.4 is 5.32 Å². The molecule has 1 aliphatic rings. The molecule has 0 aromatic heterocycles. The van der Waals surface area contributed by atoms with Gasteiger partial charge in [0.1, 0.15) is 5.82 Å². The molecule has 0 aliphatic heterocycles. The molecule has 18 heavy (non-hydrogen) atoms. The van der Waals surface area contributed by atoms with Gasteiger partial charge < -0.3 is 10.4 Å². The molecule has 0 radical (unpaired) electrons. The minimum atomic E-state index is -0.439. The summed E-state index contributed by atoms with van der Waals surface area (Å²) in [5, 5.41) is 11.5. The lowest BCUT2D eigenvalue weighted by Gasteiger charge is -2.20. The van der Waals surface area contributed by atoms with E-state index in [2.05, 4.69) is 5.32 Å². The first-order valence-corrected chi connectivity index (χ1v) is 6.10. The van der Waals surface area contributed by atoms with Crippen molar-refractivity contribution in [3.8, 4) is 0 Å². The zero-order valence-corrected chi connectivity index (χ0v) is 10.1. The Kier molecular flexibility index (Phi) is 4.28. The first-order chi connectivity index (χ1) is 8.70. The molecule has 1 fully saturated rings. The summed E-state index contributed by atoms with van der Waals surface area (Å²) in [5.41, 5.74) is 0.197. The van der Waals surface area contributed by atoms with Crippen LogP contribution in [0.15, 0.2) is 24.3 Å². The number of halogens is 1. The van der Waals surface area contributed by atoms with Gasteiger partial charge in [0.25, 0.3) is 0 Å². The first-order valence-electron chi connectivity index (χ1n) is 6.10. The highest BCUT2D eigenvalue weighted by molar-refractivity contribution is 5.92. The van der Waals surface area contributed by atoms with Crippen LogP contribution >= 0.6 is 0 Å². The van der Waals surface area contributed by atoms with Gasteiger partial charge >= 0.3 is 0 Å². The number of benzene rings is 1. The molecule has 1 saturated carbocycles. The molecule has 1 aliphatic carbocycles. The predicted octanol–water partition coefficient (Wildman–Crippen LogP) is 1.22. The molecule has 0 saturated heterocycles. The quantitative estimate of drug-likeness (QED) is 0.800. The Balaban J connectivity index is 1.89. The van der Waals surface area contributed by atoms with Crippen LogP contribution in [0.4, 0.5) is 10.1 Å². The van der Waals surface area contributed by atoms with E-state index in [4.69, 9.17) is 5.11 Å². The van der Waals surface area contributed by atoms with Gasteiger partial charge in [-0.15, -0.1) is 0 Å². The van der Waals surface area contributed by atoms with Crippen LogP contribution in [0.3, 0.4) is 0 Å². The normalized spacial score (nSPS) is 14.8. The van der Waals surface area contributed by atoms with E-state index in [1.165, 1.54) is 12.1 Å². The zero-order valence-electron chi connectivity index (χ0n) is 10.1. The average Bonchev–Trinajstić information content (AvgIpc) is 3.16. The zero-order chi connectivity index (χ0) is 13.0. The number of para-hydroxylation sites is 1. The highest BCUT2D eigenvalue weighted by atomic mass is 19.1. The lowest BCUT2D eigenvalue weighted by molar-refractivity contribution is -0.117. The fourth-order valence-electron chi connectivity index (χ4n) is 1.90. The second kappa shape index (κ2) is 5.93. The number of rotatable bonds is 6. The van der Waals surface area contributed by atoms with Gasteiger partial charge in [-0.25, -0.2) is 4.39 Å². The van der Waals surface area contributed by atoms with Crippen LogP contribution in [0, 0.1) is 5.82 Å². The van der Waals surface area contributed by atoms with E-state index in [0.717, 1.165) is 12.8 Å². The van der Waals surface area contributed by atoms with Crippen LogP contribution in [0.25, 0.3) is 0 Å². The maximum Gasteiger partial charge on any atom is 0.238 e. The van der Waals surface area contributed by atoms with E-state index < -0.39 is 5.82 Å². The first kappa shape index (κ1) is 13.0.